The molecular weight excluding hydrogens is 530 g/mol. The molecule has 0 aliphatic carbocycles. The van der Waals surface area contributed by atoms with Crippen molar-refractivity contribution in [3.63, 3.8) is 0 Å². The molecule has 0 aromatic carbocycles. The molecule has 2 aliphatic rings. The highest BCUT2D eigenvalue weighted by molar-refractivity contribution is 7.11. The Morgan fingerprint density at radius 1 is 0.973 bits per heavy atom. The first kappa shape index (κ1) is 30.3. The van der Waals surface area contributed by atoms with Gasteiger partial charge < -0.3 is 15.1 Å². The normalized spacial score (nSPS) is 20.0. The van der Waals surface area contributed by atoms with E-state index in [0.717, 1.165) is 25.6 Å². The molecule has 1 spiro atoms. The Labute approximate surface area is 212 Å². The topological polar surface area (TPSA) is 107 Å². The Hall–Kier alpha value is -2.94. The quantitative estimate of drug-likeness (QED) is 0.529. The molecule has 2 aromatic rings. The third kappa shape index (κ3) is 9.80. The number of alkyl halides is 6. The third-order valence-electron chi connectivity index (χ3n) is 5.67. The van der Waals surface area contributed by atoms with Gasteiger partial charge >= 0.3 is 24.3 Å². The van der Waals surface area contributed by atoms with Crippen molar-refractivity contribution in [2.45, 2.75) is 45.1 Å². The maximum atomic E-state index is 10.6. The van der Waals surface area contributed by atoms with Gasteiger partial charge in [-0.25, -0.2) is 19.6 Å². The van der Waals surface area contributed by atoms with E-state index in [0.29, 0.717) is 5.41 Å². The Balaban J connectivity index is 0.000000286. The fourth-order valence-electron chi connectivity index (χ4n) is 4.12. The van der Waals surface area contributed by atoms with Crippen molar-refractivity contribution in [2.75, 3.05) is 31.1 Å². The van der Waals surface area contributed by atoms with Gasteiger partial charge in [0.2, 0.25) is 5.95 Å². The average Bonchev–Trinajstić information content (AvgIpc) is 3.39. The molecule has 0 radical (unpaired) electrons. The van der Waals surface area contributed by atoms with E-state index < -0.39 is 24.3 Å². The lowest BCUT2D eigenvalue weighted by Crippen LogP contribution is -2.45. The molecular formula is C22H26F6N4O4S. The minimum atomic E-state index is -5.08. The van der Waals surface area contributed by atoms with Crippen LogP contribution in [0, 0.1) is 12.3 Å². The van der Waals surface area contributed by atoms with Gasteiger partial charge in [-0.3, -0.25) is 4.90 Å². The molecule has 4 heterocycles. The second-order valence-electron chi connectivity index (χ2n) is 8.65. The number of aliphatic carboxylic acids is 2. The van der Waals surface area contributed by atoms with Gasteiger partial charge in [-0.2, -0.15) is 26.3 Å². The number of carboxylic acids is 2. The smallest absolute Gasteiger partial charge is 0.475 e. The summed E-state index contributed by atoms with van der Waals surface area (Å²) < 4.78 is 63.5. The minimum Gasteiger partial charge on any atom is -0.475 e. The van der Waals surface area contributed by atoms with Gasteiger partial charge in [0.25, 0.3) is 0 Å². The predicted molar refractivity (Wildman–Crippen MR) is 122 cm³/mol. The van der Waals surface area contributed by atoms with Crippen LogP contribution in [0.5, 0.6) is 0 Å². The van der Waals surface area contributed by atoms with Crippen molar-refractivity contribution in [3.8, 4) is 0 Å². The first-order chi connectivity index (χ1) is 17.1. The number of aryl methyl sites for hydroxylation is 1. The molecule has 8 nitrogen and oxygen atoms in total. The molecule has 4 rings (SSSR count). The summed E-state index contributed by atoms with van der Waals surface area (Å²) in [6, 6.07) is 6.42. The van der Waals surface area contributed by atoms with Crippen molar-refractivity contribution in [2.24, 2.45) is 5.41 Å². The highest BCUT2D eigenvalue weighted by Crippen LogP contribution is 2.40. The van der Waals surface area contributed by atoms with Gasteiger partial charge in [-0.1, -0.05) is 0 Å². The van der Waals surface area contributed by atoms with Gasteiger partial charge in [0, 0.05) is 53.7 Å². The summed E-state index contributed by atoms with van der Waals surface area (Å²) in [5.74, 6) is -4.61. The Kier molecular flexibility index (Phi) is 10.3. The number of hydrogen-bond acceptors (Lipinski definition) is 7. The van der Waals surface area contributed by atoms with Gasteiger partial charge in [-0.05, 0) is 50.9 Å². The lowest BCUT2D eigenvalue weighted by Gasteiger charge is -2.40. The molecule has 37 heavy (non-hydrogen) atoms. The highest BCUT2D eigenvalue weighted by Gasteiger charge is 2.42. The van der Waals surface area contributed by atoms with E-state index in [4.69, 9.17) is 19.8 Å². The molecule has 0 saturated carbocycles. The molecule has 15 heteroatoms. The summed E-state index contributed by atoms with van der Waals surface area (Å²) >= 11 is 1.93. The molecule has 2 fully saturated rings. The van der Waals surface area contributed by atoms with Crippen molar-refractivity contribution < 1.29 is 46.1 Å². The van der Waals surface area contributed by atoms with Crippen LogP contribution in [0.15, 0.2) is 30.6 Å². The summed E-state index contributed by atoms with van der Waals surface area (Å²) in [6.07, 6.45) is -2.56. The fourth-order valence-corrected chi connectivity index (χ4v) is 5.05. The molecule has 1 unspecified atom stereocenters. The number of halogens is 6. The summed E-state index contributed by atoms with van der Waals surface area (Å²) in [5, 5.41) is 14.2. The van der Waals surface area contributed by atoms with E-state index >= 15 is 0 Å². The van der Waals surface area contributed by atoms with Crippen molar-refractivity contribution in [3.05, 3.63) is 40.3 Å². The molecule has 2 aliphatic heterocycles. The number of aromatic nitrogens is 2. The zero-order valence-corrected chi connectivity index (χ0v) is 20.5. The van der Waals surface area contributed by atoms with E-state index in [2.05, 4.69) is 38.8 Å². The second-order valence-corrected chi connectivity index (χ2v) is 10.0. The number of anilines is 1. The number of hydrogen-bond donors (Lipinski definition) is 2. The minimum absolute atomic E-state index is 0.434. The van der Waals surface area contributed by atoms with Crippen LogP contribution < -0.4 is 4.90 Å². The van der Waals surface area contributed by atoms with Crippen molar-refractivity contribution in [1.29, 1.82) is 0 Å². The third-order valence-corrected chi connectivity index (χ3v) is 6.66. The maximum Gasteiger partial charge on any atom is 0.490 e. The van der Waals surface area contributed by atoms with Crippen LogP contribution in [0.2, 0.25) is 0 Å². The number of thiophene rings is 1. The molecule has 2 N–H and O–H groups in total. The van der Waals surface area contributed by atoms with Gasteiger partial charge in [0.1, 0.15) is 0 Å². The molecule has 2 saturated heterocycles. The van der Waals surface area contributed by atoms with Gasteiger partial charge in [-0.15, -0.1) is 11.3 Å². The molecule has 0 amide bonds. The molecule has 2 aromatic heterocycles. The summed E-state index contributed by atoms with van der Waals surface area (Å²) in [4.78, 5) is 34.6. The number of rotatable bonds is 3. The summed E-state index contributed by atoms with van der Waals surface area (Å²) in [6.45, 7) is 7.95. The van der Waals surface area contributed by atoms with E-state index in [1.807, 2.05) is 29.8 Å². The zero-order chi connectivity index (χ0) is 27.9. The number of likely N-dealkylation sites (tertiary alicyclic amines) is 1. The van der Waals surface area contributed by atoms with Crippen LogP contribution in [0.1, 0.15) is 29.0 Å². The zero-order valence-electron chi connectivity index (χ0n) is 19.7. The van der Waals surface area contributed by atoms with Gasteiger partial charge in [0.15, 0.2) is 0 Å². The lowest BCUT2D eigenvalue weighted by molar-refractivity contribution is -0.193. The average molecular weight is 557 g/mol. The maximum absolute atomic E-state index is 10.6. The fraction of sp³-hybridized carbons (Fsp3) is 0.545. The largest absolute Gasteiger partial charge is 0.490 e. The number of piperidine rings is 1. The Morgan fingerprint density at radius 3 is 2.03 bits per heavy atom. The SMILES string of the molecule is Cc1ccc(CN2CCC3(CCCN(c4ncccn4)C3)C2)s1.O=C(O)C(F)(F)F.O=C(O)C(F)(F)F. The van der Waals surface area contributed by atoms with Crippen molar-refractivity contribution in [1.82, 2.24) is 14.9 Å². The van der Waals surface area contributed by atoms with Crippen LogP contribution in [-0.2, 0) is 16.1 Å². The van der Waals surface area contributed by atoms with Crippen LogP contribution in [0.3, 0.4) is 0 Å². The molecule has 206 valence electrons. The van der Waals surface area contributed by atoms with Gasteiger partial charge in [0.05, 0.1) is 0 Å². The van der Waals surface area contributed by atoms with Crippen LogP contribution in [0.4, 0.5) is 32.3 Å². The highest BCUT2D eigenvalue weighted by atomic mass is 32.1. The monoisotopic (exact) mass is 556 g/mol. The lowest BCUT2D eigenvalue weighted by atomic mass is 9.79. The number of carbonyl (C=O) groups is 2. The van der Waals surface area contributed by atoms with Crippen LogP contribution in [-0.4, -0.2) is 75.6 Å². The van der Waals surface area contributed by atoms with Crippen LogP contribution in [0.25, 0.3) is 0 Å². The predicted octanol–water partition coefficient (Wildman–Crippen LogP) is 4.61. The first-order valence-corrected chi connectivity index (χ1v) is 11.8. The number of carboxylic acid groups (broad SMARTS) is 2. The molecule has 1 atom stereocenters. The molecule has 0 bridgehead atoms. The number of nitrogens with zero attached hydrogens (tertiary/aromatic N) is 4. The Morgan fingerprint density at radius 2 is 1.54 bits per heavy atom. The van der Waals surface area contributed by atoms with E-state index in [-0.39, 0.29) is 0 Å². The standard InChI is InChI=1S/C18H24N4S.2C2HF3O2/c1-15-4-5-16(23-15)12-21-11-7-18(13-21)6-2-10-22(14-18)17-19-8-3-9-20-17;2*3-2(4,5)1(6)7/h3-5,8-9H,2,6-7,10-14H2,1H3;2*(H,6,7). The van der Waals surface area contributed by atoms with Crippen molar-refractivity contribution >= 4 is 29.2 Å². The summed E-state index contributed by atoms with van der Waals surface area (Å²) in [5.41, 5.74) is 0.434. The summed E-state index contributed by atoms with van der Waals surface area (Å²) in [7, 11) is 0. The first-order valence-electron chi connectivity index (χ1n) is 11.0. The van der Waals surface area contributed by atoms with E-state index in [1.165, 1.54) is 42.1 Å². The van der Waals surface area contributed by atoms with E-state index in [1.54, 1.807) is 0 Å². The van der Waals surface area contributed by atoms with Crippen LogP contribution >= 0.6 is 11.3 Å². The Bertz CT molecular complexity index is 1010. The second kappa shape index (κ2) is 12.5. The van der Waals surface area contributed by atoms with E-state index in [9.17, 15) is 26.3 Å².